The molecule has 1 aliphatic heterocycles. The Kier molecular flexibility index (Phi) is 5.07. The van der Waals surface area contributed by atoms with Gasteiger partial charge in [-0.25, -0.2) is 4.98 Å². The molecule has 1 fully saturated rings. The third-order valence-electron chi connectivity index (χ3n) is 3.42. The number of nitrogens with one attached hydrogen (secondary N) is 1. The van der Waals surface area contributed by atoms with Gasteiger partial charge in [-0.2, -0.15) is 11.8 Å². The molecule has 0 saturated carbocycles. The van der Waals surface area contributed by atoms with Crippen molar-refractivity contribution in [3.63, 3.8) is 0 Å². The van der Waals surface area contributed by atoms with Crippen molar-refractivity contribution in [2.75, 3.05) is 29.6 Å². The highest BCUT2D eigenvalue weighted by Gasteiger charge is 2.18. The van der Waals surface area contributed by atoms with Gasteiger partial charge >= 0.3 is 0 Å². The normalized spacial score (nSPS) is 17.1. The first-order valence-electron chi connectivity index (χ1n) is 6.76. The number of piperidine rings is 1. The molecule has 19 heavy (non-hydrogen) atoms. The Labute approximate surface area is 119 Å². The monoisotopic (exact) mass is 279 g/mol. The fourth-order valence-electron chi connectivity index (χ4n) is 2.19. The van der Waals surface area contributed by atoms with Crippen LogP contribution in [0.5, 0.6) is 0 Å². The fourth-order valence-corrected chi connectivity index (χ4v) is 2.47. The van der Waals surface area contributed by atoms with E-state index in [1.807, 2.05) is 25.3 Å². The van der Waals surface area contributed by atoms with Gasteiger partial charge in [-0.3, -0.25) is 4.79 Å². The third kappa shape index (κ3) is 3.62. The van der Waals surface area contributed by atoms with Crippen LogP contribution >= 0.6 is 11.8 Å². The quantitative estimate of drug-likeness (QED) is 0.920. The van der Waals surface area contributed by atoms with Gasteiger partial charge in [0.2, 0.25) is 5.91 Å². The number of amides is 1. The first-order valence-corrected chi connectivity index (χ1v) is 8.05. The van der Waals surface area contributed by atoms with E-state index < -0.39 is 0 Å². The number of rotatable bonds is 4. The number of thioether (sulfide) groups is 1. The molecule has 0 bridgehead atoms. The van der Waals surface area contributed by atoms with Gasteiger partial charge in [0.15, 0.2) is 5.82 Å². The summed E-state index contributed by atoms with van der Waals surface area (Å²) in [6.07, 6.45) is 7.42. The van der Waals surface area contributed by atoms with Gasteiger partial charge in [0.1, 0.15) is 0 Å². The van der Waals surface area contributed by atoms with Crippen LogP contribution in [0, 0.1) is 0 Å². The SMILES string of the molecule is CS[C@H](C)C(=O)Nc1cccnc1N1CCCCC1. The maximum atomic E-state index is 12.0. The molecular formula is C14H21N3OS. The Morgan fingerprint density at radius 1 is 1.42 bits per heavy atom. The lowest BCUT2D eigenvalue weighted by atomic mass is 10.1. The Balaban J connectivity index is 2.13. The van der Waals surface area contributed by atoms with Gasteiger partial charge in [-0.15, -0.1) is 0 Å². The van der Waals surface area contributed by atoms with Crippen molar-refractivity contribution >= 4 is 29.2 Å². The molecule has 1 aromatic heterocycles. The van der Waals surface area contributed by atoms with Gasteiger partial charge in [0.25, 0.3) is 0 Å². The lowest BCUT2D eigenvalue weighted by molar-refractivity contribution is -0.115. The summed E-state index contributed by atoms with van der Waals surface area (Å²) in [5.41, 5.74) is 0.829. The van der Waals surface area contributed by atoms with E-state index in [2.05, 4.69) is 15.2 Å². The van der Waals surface area contributed by atoms with Crippen LogP contribution in [0.3, 0.4) is 0 Å². The highest BCUT2D eigenvalue weighted by molar-refractivity contribution is 7.99. The van der Waals surface area contributed by atoms with E-state index in [9.17, 15) is 4.79 Å². The molecule has 2 rings (SSSR count). The average molecular weight is 279 g/mol. The molecule has 0 radical (unpaired) electrons. The lowest BCUT2D eigenvalue weighted by Gasteiger charge is -2.29. The maximum Gasteiger partial charge on any atom is 0.237 e. The van der Waals surface area contributed by atoms with E-state index in [-0.39, 0.29) is 11.2 Å². The van der Waals surface area contributed by atoms with Crippen LogP contribution in [0.15, 0.2) is 18.3 Å². The predicted molar refractivity (Wildman–Crippen MR) is 81.9 cm³/mol. The largest absolute Gasteiger partial charge is 0.355 e. The molecule has 1 amide bonds. The van der Waals surface area contributed by atoms with E-state index in [4.69, 9.17) is 0 Å². The van der Waals surface area contributed by atoms with Crippen molar-refractivity contribution in [1.29, 1.82) is 0 Å². The summed E-state index contributed by atoms with van der Waals surface area (Å²) in [7, 11) is 0. The van der Waals surface area contributed by atoms with Crippen molar-refractivity contribution in [2.45, 2.75) is 31.4 Å². The van der Waals surface area contributed by atoms with Crippen LogP contribution in [-0.4, -0.2) is 35.5 Å². The molecule has 0 aliphatic carbocycles. The van der Waals surface area contributed by atoms with E-state index in [1.54, 1.807) is 18.0 Å². The minimum absolute atomic E-state index is 0.0405. The van der Waals surface area contributed by atoms with Crippen molar-refractivity contribution in [3.8, 4) is 0 Å². The van der Waals surface area contributed by atoms with Crippen LogP contribution in [0.1, 0.15) is 26.2 Å². The summed E-state index contributed by atoms with van der Waals surface area (Å²) in [6.45, 7) is 3.97. The Hall–Kier alpha value is -1.23. The minimum atomic E-state index is -0.0468. The van der Waals surface area contributed by atoms with Gasteiger partial charge < -0.3 is 10.2 Å². The van der Waals surface area contributed by atoms with Crippen molar-refractivity contribution in [1.82, 2.24) is 4.98 Å². The van der Waals surface area contributed by atoms with E-state index in [1.165, 1.54) is 19.3 Å². The summed E-state index contributed by atoms with van der Waals surface area (Å²) >= 11 is 1.55. The highest BCUT2D eigenvalue weighted by Crippen LogP contribution is 2.26. The summed E-state index contributed by atoms with van der Waals surface area (Å²) in [4.78, 5) is 18.7. The molecule has 1 N–H and O–H groups in total. The maximum absolute atomic E-state index is 12.0. The Morgan fingerprint density at radius 2 is 2.16 bits per heavy atom. The zero-order chi connectivity index (χ0) is 13.7. The number of nitrogens with zero attached hydrogens (tertiary/aromatic N) is 2. The molecule has 2 heterocycles. The van der Waals surface area contributed by atoms with Gasteiger partial charge in [-0.1, -0.05) is 0 Å². The van der Waals surface area contributed by atoms with E-state index >= 15 is 0 Å². The molecule has 0 unspecified atom stereocenters. The van der Waals surface area contributed by atoms with E-state index in [0.29, 0.717) is 0 Å². The highest BCUT2D eigenvalue weighted by atomic mass is 32.2. The molecule has 4 nitrogen and oxygen atoms in total. The predicted octanol–water partition coefficient (Wildman–Crippen LogP) is 2.76. The summed E-state index contributed by atoms with van der Waals surface area (Å²) in [6, 6.07) is 3.80. The van der Waals surface area contributed by atoms with Crippen LogP contribution in [-0.2, 0) is 4.79 Å². The Bertz CT molecular complexity index is 432. The second-order valence-electron chi connectivity index (χ2n) is 4.79. The summed E-state index contributed by atoms with van der Waals surface area (Å²) < 4.78 is 0. The molecule has 1 saturated heterocycles. The molecular weight excluding hydrogens is 258 g/mol. The van der Waals surface area contributed by atoms with Crippen molar-refractivity contribution in [3.05, 3.63) is 18.3 Å². The van der Waals surface area contributed by atoms with Crippen molar-refractivity contribution in [2.24, 2.45) is 0 Å². The fraction of sp³-hybridized carbons (Fsp3) is 0.571. The Morgan fingerprint density at radius 3 is 2.84 bits per heavy atom. The number of carbonyl (C=O) groups excluding carboxylic acids is 1. The summed E-state index contributed by atoms with van der Waals surface area (Å²) in [5, 5.41) is 2.95. The second kappa shape index (κ2) is 6.80. The molecule has 0 spiro atoms. The molecule has 1 aliphatic rings. The van der Waals surface area contributed by atoms with Crippen LogP contribution < -0.4 is 10.2 Å². The number of pyridine rings is 1. The topological polar surface area (TPSA) is 45.2 Å². The summed E-state index contributed by atoms with van der Waals surface area (Å²) in [5.74, 6) is 0.947. The van der Waals surface area contributed by atoms with Gasteiger partial charge in [-0.05, 0) is 44.6 Å². The van der Waals surface area contributed by atoms with Crippen LogP contribution in [0.2, 0.25) is 0 Å². The first-order chi connectivity index (χ1) is 9.22. The lowest BCUT2D eigenvalue weighted by Crippen LogP contribution is -2.32. The number of anilines is 2. The van der Waals surface area contributed by atoms with Crippen LogP contribution in [0.4, 0.5) is 11.5 Å². The average Bonchev–Trinajstić information content (AvgIpc) is 2.47. The van der Waals surface area contributed by atoms with Crippen molar-refractivity contribution < 1.29 is 4.79 Å². The molecule has 0 aromatic carbocycles. The number of carbonyl (C=O) groups is 1. The smallest absolute Gasteiger partial charge is 0.237 e. The standard InChI is InChI=1S/C14H21N3OS/c1-11(19-2)14(18)16-12-7-6-8-15-13(12)17-9-4-3-5-10-17/h6-8,11H,3-5,9-10H2,1-2H3,(H,16,18)/t11-/m1/s1. The van der Waals surface area contributed by atoms with Gasteiger partial charge in [0, 0.05) is 19.3 Å². The molecule has 5 heteroatoms. The van der Waals surface area contributed by atoms with E-state index in [0.717, 1.165) is 24.6 Å². The van der Waals surface area contributed by atoms with Crippen LogP contribution in [0.25, 0.3) is 0 Å². The molecule has 104 valence electrons. The number of hydrogen-bond donors (Lipinski definition) is 1. The minimum Gasteiger partial charge on any atom is -0.355 e. The third-order valence-corrected chi connectivity index (χ3v) is 4.34. The zero-order valence-corrected chi connectivity index (χ0v) is 12.4. The number of aromatic nitrogens is 1. The number of hydrogen-bond acceptors (Lipinski definition) is 4. The zero-order valence-electron chi connectivity index (χ0n) is 11.6. The molecule has 1 aromatic rings. The molecule has 1 atom stereocenters. The first kappa shape index (κ1) is 14.2. The van der Waals surface area contributed by atoms with Gasteiger partial charge in [0.05, 0.1) is 10.9 Å². The second-order valence-corrected chi connectivity index (χ2v) is 5.97.